The number of nitrogens with zero attached hydrogens (tertiary/aromatic N) is 2. The van der Waals surface area contributed by atoms with E-state index in [0.29, 0.717) is 11.6 Å². The van der Waals surface area contributed by atoms with Crippen LogP contribution in [0.3, 0.4) is 0 Å². The predicted molar refractivity (Wildman–Crippen MR) is 100 cm³/mol. The Bertz CT molecular complexity index is 878. The molecule has 0 unspecified atom stereocenters. The van der Waals surface area contributed by atoms with Gasteiger partial charge in [-0.2, -0.15) is 0 Å². The average molecular weight is 332 g/mol. The predicted octanol–water partition coefficient (Wildman–Crippen LogP) is 4.34. The Balaban J connectivity index is 1.80. The molecule has 0 saturated heterocycles. The van der Waals surface area contributed by atoms with Crippen LogP contribution in [0.4, 0.5) is 17.3 Å². The topological polar surface area (TPSA) is 66.9 Å². The number of anilines is 3. The molecule has 0 spiro atoms. The third-order valence-corrected chi connectivity index (χ3v) is 3.90. The van der Waals surface area contributed by atoms with Crippen molar-refractivity contribution >= 4 is 23.2 Å². The van der Waals surface area contributed by atoms with Crippen molar-refractivity contribution in [3.8, 4) is 0 Å². The lowest BCUT2D eigenvalue weighted by atomic mass is 10.1. The van der Waals surface area contributed by atoms with Crippen LogP contribution in [0.25, 0.3) is 0 Å². The molecule has 25 heavy (non-hydrogen) atoms. The number of nitrogens with one attached hydrogen (secondary N) is 2. The molecule has 0 fully saturated rings. The third-order valence-electron chi connectivity index (χ3n) is 3.90. The van der Waals surface area contributed by atoms with Gasteiger partial charge in [-0.05, 0) is 42.7 Å². The van der Waals surface area contributed by atoms with E-state index in [1.54, 1.807) is 12.3 Å². The second kappa shape index (κ2) is 7.57. The minimum absolute atomic E-state index is 0.248. The molecule has 0 radical (unpaired) electrons. The number of hydrogen-bond acceptors (Lipinski definition) is 4. The van der Waals surface area contributed by atoms with Crippen molar-refractivity contribution in [3.05, 3.63) is 77.6 Å². The number of aromatic nitrogens is 2. The summed E-state index contributed by atoms with van der Waals surface area (Å²) < 4.78 is 0. The number of carbonyl (C=O) groups excluding carboxylic acids is 1. The highest BCUT2D eigenvalue weighted by atomic mass is 16.1. The number of amides is 1. The van der Waals surface area contributed by atoms with Crippen LogP contribution in [0.15, 0.2) is 60.8 Å². The normalized spacial score (nSPS) is 10.3. The van der Waals surface area contributed by atoms with E-state index in [4.69, 9.17) is 0 Å². The maximum absolute atomic E-state index is 12.6. The van der Waals surface area contributed by atoms with Crippen LogP contribution in [0.5, 0.6) is 0 Å². The minimum Gasteiger partial charge on any atom is -0.324 e. The van der Waals surface area contributed by atoms with E-state index >= 15 is 0 Å². The maximum Gasteiger partial charge on any atom is 0.274 e. The van der Waals surface area contributed by atoms with E-state index in [2.05, 4.69) is 27.5 Å². The molecule has 1 amide bonds. The summed E-state index contributed by atoms with van der Waals surface area (Å²) in [5.74, 6) is 0.141. The van der Waals surface area contributed by atoms with Gasteiger partial charge in [0.05, 0.1) is 0 Å². The third kappa shape index (κ3) is 4.01. The van der Waals surface area contributed by atoms with Crippen LogP contribution < -0.4 is 10.6 Å². The lowest BCUT2D eigenvalue weighted by Gasteiger charge is -2.13. The molecular weight excluding hydrogens is 312 g/mol. The molecule has 2 N–H and O–H groups in total. The van der Waals surface area contributed by atoms with Gasteiger partial charge in [0.1, 0.15) is 5.69 Å². The summed E-state index contributed by atoms with van der Waals surface area (Å²) in [6.07, 6.45) is 2.42. The van der Waals surface area contributed by atoms with Gasteiger partial charge in [0.2, 0.25) is 5.95 Å². The van der Waals surface area contributed by atoms with Gasteiger partial charge in [-0.3, -0.25) is 4.79 Å². The SMILES string of the molecule is CCc1cccc(C)c1NC(=O)c1ccnc(Nc2ccccc2)n1. The summed E-state index contributed by atoms with van der Waals surface area (Å²) in [5, 5.41) is 6.07. The summed E-state index contributed by atoms with van der Waals surface area (Å²) in [7, 11) is 0. The zero-order valence-electron chi connectivity index (χ0n) is 14.3. The first-order valence-electron chi connectivity index (χ1n) is 8.22. The van der Waals surface area contributed by atoms with Crippen molar-refractivity contribution in [1.29, 1.82) is 0 Å². The van der Waals surface area contributed by atoms with Gasteiger partial charge in [-0.1, -0.05) is 43.3 Å². The number of rotatable bonds is 5. The molecule has 0 saturated carbocycles. The number of aryl methyl sites for hydroxylation is 2. The molecule has 1 aromatic heterocycles. The summed E-state index contributed by atoms with van der Waals surface area (Å²) >= 11 is 0. The van der Waals surface area contributed by atoms with Gasteiger partial charge in [0.25, 0.3) is 5.91 Å². The molecule has 3 aromatic rings. The number of carbonyl (C=O) groups is 1. The highest BCUT2D eigenvalue weighted by Gasteiger charge is 2.13. The Hall–Kier alpha value is -3.21. The Kier molecular flexibility index (Phi) is 5.04. The Morgan fingerprint density at radius 1 is 1.04 bits per heavy atom. The zero-order chi connectivity index (χ0) is 17.6. The monoisotopic (exact) mass is 332 g/mol. The maximum atomic E-state index is 12.6. The van der Waals surface area contributed by atoms with Crippen LogP contribution in [0, 0.1) is 6.92 Å². The van der Waals surface area contributed by atoms with E-state index in [9.17, 15) is 4.79 Å². The number of hydrogen-bond donors (Lipinski definition) is 2. The fourth-order valence-corrected chi connectivity index (χ4v) is 2.58. The van der Waals surface area contributed by atoms with Gasteiger partial charge < -0.3 is 10.6 Å². The quantitative estimate of drug-likeness (QED) is 0.729. The first kappa shape index (κ1) is 16.6. The Morgan fingerprint density at radius 2 is 1.84 bits per heavy atom. The fraction of sp³-hybridized carbons (Fsp3) is 0.150. The van der Waals surface area contributed by atoms with Gasteiger partial charge in [0, 0.05) is 17.6 Å². The van der Waals surface area contributed by atoms with E-state index in [-0.39, 0.29) is 5.91 Å². The van der Waals surface area contributed by atoms with Crippen LogP contribution in [-0.2, 0) is 6.42 Å². The molecule has 126 valence electrons. The van der Waals surface area contributed by atoms with E-state index in [0.717, 1.165) is 28.9 Å². The standard InChI is InChI=1S/C20H20N4O/c1-3-15-9-7-8-14(2)18(15)24-19(25)17-12-13-21-20(23-17)22-16-10-5-4-6-11-16/h4-13H,3H2,1-2H3,(H,24,25)(H,21,22,23). The summed E-state index contributed by atoms with van der Waals surface area (Å²) in [6, 6.07) is 17.2. The average Bonchev–Trinajstić information content (AvgIpc) is 2.64. The first-order chi connectivity index (χ1) is 12.2. The van der Waals surface area contributed by atoms with Crippen LogP contribution in [0.2, 0.25) is 0 Å². The molecular formula is C20H20N4O. The lowest BCUT2D eigenvalue weighted by Crippen LogP contribution is -2.16. The van der Waals surface area contributed by atoms with Crippen molar-refractivity contribution < 1.29 is 4.79 Å². The summed E-state index contributed by atoms with van der Waals surface area (Å²) in [4.78, 5) is 21.1. The highest BCUT2D eigenvalue weighted by molar-refractivity contribution is 6.03. The molecule has 0 atom stereocenters. The summed E-state index contributed by atoms with van der Waals surface area (Å²) in [5.41, 5.74) is 4.17. The zero-order valence-corrected chi connectivity index (χ0v) is 14.3. The molecule has 5 nitrogen and oxygen atoms in total. The fourth-order valence-electron chi connectivity index (χ4n) is 2.58. The van der Waals surface area contributed by atoms with Crippen molar-refractivity contribution in [2.24, 2.45) is 0 Å². The Morgan fingerprint density at radius 3 is 2.60 bits per heavy atom. The molecule has 0 aliphatic carbocycles. The van der Waals surface area contributed by atoms with Crippen molar-refractivity contribution in [2.75, 3.05) is 10.6 Å². The number of para-hydroxylation sites is 2. The molecule has 0 aliphatic heterocycles. The van der Waals surface area contributed by atoms with Gasteiger partial charge >= 0.3 is 0 Å². The van der Waals surface area contributed by atoms with Gasteiger partial charge in [0.15, 0.2) is 0 Å². The van der Waals surface area contributed by atoms with Gasteiger partial charge in [-0.25, -0.2) is 9.97 Å². The molecule has 2 aromatic carbocycles. The van der Waals surface area contributed by atoms with Gasteiger partial charge in [-0.15, -0.1) is 0 Å². The molecule has 1 heterocycles. The molecule has 5 heteroatoms. The molecule has 0 aliphatic rings. The van der Waals surface area contributed by atoms with Crippen molar-refractivity contribution in [2.45, 2.75) is 20.3 Å². The van der Waals surface area contributed by atoms with Crippen LogP contribution in [-0.4, -0.2) is 15.9 Å². The minimum atomic E-state index is -0.248. The Labute approximate surface area is 147 Å². The largest absolute Gasteiger partial charge is 0.324 e. The highest BCUT2D eigenvalue weighted by Crippen LogP contribution is 2.22. The van der Waals surface area contributed by atoms with Crippen LogP contribution in [0.1, 0.15) is 28.5 Å². The van der Waals surface area contributed by atoms with Crippen molar-refractivity contribution in [1.82, 2.24) is 9.97 Å². The number of benzene rings is 2. The second-order valence-corrected chi connectivity index (χ2v) is 5.67. The van der Waals surface area contributed by atoms with Crippen molar-refractivity contribution in [3.63, 3.8) is 0 Å². The smallest absolute Gasteiger partial charge is 0.274 e. The van der Waals surface area contributed by atoms with E-state index < -0.39 is 0 Å². The molecule has 3 rings (SSSR count). The second-order valence-electron chi connectivity index (χ2n) is 5.67. The summed E-state index contributed by atoms with van der Waals surface area (Å²) in [6.45, 7) is 4.05. The lowest BCUT2D eigenvalue weighted by molar-refractivity contribution is 0.102. The van der Waals surface area contributed by atoms with E-state index in [1.807, 2.05) is 55.5 Å². The molecule has 0 bridgehead atoms. The van der Waals surface area contributed by atoms with Crippen LogP contribution >= 0.6 is 0 Å². The van der Waals surface area contributed by atoms with E-state index in [1.165, 1.54) is 0 Å². The first-order valence-corrected chi connectivity index (χ1v) is 8.22.